The van der Waals surface area contributed by atoms with Gasteiger partial charge in [0.2, 0.25) is 0 Å². The highest BCUT2D eigenvalue weighted by molar-refractivity contribution is 9.10. The summed E-state index contributed by atoms with van der Waals surface area (Å²) in [5.74, 6) is 0. The molecule has 3 nitrogen and oxygen atoms in total. The van der Waals surface area contributed by atoms with Crippen LogP contribution in [0, 0.1) is 6.92 Å². The van der Waals surface area contributed by atoms with Crippen molar-refractivity contribution in [1.82, 2.24) is 4.98 Å². The molecule has 3 N–H and O–H groups in total. The Morgan fingerprint density at radius 1 is 1.50 bits per heavy atom. The van der Waals surface area contributed by atoms with Gasteiger partial charge >= 0.3 is 0 Å². The van der Waals surface area contributed by atoms with E-state index in [1.54, 1.807) is 11.3 Å². The van der Waals surface area contributed by atoms with Crippen LogP contribution in [0.15, 0.2) is 28.1 Å². The average molecular weight is 298 g/mol. The molecule has 0 radical (unpaired) electrons. The number of halogens is 1. The third kappa shape index (κ3) is 2.74. The first kappa shape index (κ1) is 11.4. The molecule has 0 atom stereocenters. The van der Waals surface area contributed by atoms with Gasteiger partial charge in [-0.2, -0.15) is 0 Å². The fraction of sp³-hybridized carbons (Fsp3) is 0.182. The summed E-state index contributed by atoms with van der Waals surface area (Å²) in [6, 6.07) is 5.80. The van der Waals surface area contributed by atoms with E-state index in [0.717, 1.165) is 26.5 Å². The predicted octanol–water partition coefficient (Wildman–Crippen LogP) is 3.41. The number of benzene rings is 1. The van der Waals surface area contributed by atoms with Crippen LogP contribution >= 0.6 is 27.3 Å². The Morgan fingerprint density at radius 3 is 2.94 bits per heavy atom. The van der Waals surface area contributed by atoms with Crippen LogP contribution in [0.2, 0.25) is 0 Å². The molecule has 0 fully saturated rings. The van der Waals surface area contributed by atoms with Crippen LogP contribution in [0.3, 0.4) is 0 Å². The highest BCUT2D eigenvalue weighted by atomic mass is 79.9. The molecule has 0 bridgehead atoms. The standard InChI is InChI=1S/C11H12BrN3S/c1-7-15-9(6-16-7)5-14-11-3-2-8(12)4-10(11)13/h2-4,6,14H,5,13H2,1H3. The molecule has 0 unspecified atom stereocenters. The van der Waals surface area contributed by atoms with Gasteiger partial charge in [-0.1, -0.05) is 15.9 Å². The molecule has 1 aromatic heterocycles. The zero-order chi connectivity index (χ0) is 11.5. The van der Waals surface area contributed by atoms with E-state index >= 15 is 0 Å². The molecule has 0 aliphatic carbocycles. The van der Waals surface area contributed by atoms with Gasteiger partial charge in [0, 0.05) is 9.85 Å². The van der Waals surface area contributed by atoms with E-state index in [-0.39, 0.29) is 0 Å². The first-order valence-electron chi connectivity index (χ1n) is 4.85. The second-order valence-electron chi connectivity index (χ2n) is 3.44. The molecule has 1 aromatic carbocycles. The van der Waals surface area contributed by atoms with Gasteiger partial charge in [-0.05, 0) is 25.1 Å². The zero-order valence-corrected chi connectivity index (χ0v) is 11.2. The molecule has 0 saturated heterocycles. The lowest BCUT2D eigenvalue weighted by atomic mass is 10.2. The Balaban J connectivity index is 2.04. The number of rotatable bonds is 3. The van der Waals surface area contributed by atoms with E-state index in [1.165, 1.54) is 0 Å². The lowest BCUT2D eigenvalue weighted by Gasteiger charge is -2.07. The molecule has 2 rings (SSSR count). The lowest BCUT2D eigenvalue weighted by Crippen LogP contribution is -2.02. The molecule has 0 saturated carbocycles. The number of nitrogens with two attached hydrogens (primary N) is 1. The zero-order valence-electron chi connectivity index (χ0n) is 8.83. The van der Waals surface area contributed by atoms with E-state index in [9.17, 15) is 0 Å². The van der Waals surface area contributed by atoms with Crippen LogP contribution in [0.1, 0.15) is 10.7 Å². The molecule has 1 heterocycles. The van der Waals surface area contributed by atoms with E-state index in [2.05, 4.69) is 31.6 Å². The number of anilines is 2. The number of thiazole rings is 1. The summed E-state index contributed by atoms with van der Waals surface area (Å²) in [6.45, 7) is 2.71. The number of nitrogens with zero attached hydrogens (tertiary/aromatic N) is 1. The van der Waals surface area contributed by atoms with Crippen LogP contribution in [0.5, 0.6) is 0 Å². The largest absolute Gasteiger partial charge is 0.397 e. The van der Waals surface area contributed by atoms with Crippen molar-refractivity contribution in [2.45, 2.75) is 13.5 Å². The summed E-state index contributed by atoms with van der Waals surface area (Å²) in [5.41, 5.74) is 8.60. The number of hydrogen-bond acceptors (Lipinski definition) is 4. The monoisotopic (exact) mass is 297 g/mol. The molecular weight excluding hydrogens is 286 g/mol. The third-order valence-corrected chi connectivity index (χ3v) is 3.46. The summed E-state index contributed by atoms with van der Waals surface area (Å²) in [5, 5.41) is 6.40. The fourth-order valence-electron chi connectivity index (χ4n) is 1.37. The minimum absolute atomic E-state index is 0.705. The first-order chi connectivity index (χ1) is 7.65. The maximum atomic E-state index is 5.88. The fourth-order valence-corrected chi connectivity index (χ4v) is 2.36. The van der Waals surface area contributed by atoms with Crippen molar-refractivity contribution in [1.29, 1.82) is 0 Å². The van der Waals surface area contributed by atoms with Crippen molar-refractivity contribution < 1.29 is 0 Å². The van der Waals surface area contributed by atoms with Gasteiger partial charge in [-0.15, -0.1) is 11.3 Å². The van der Waals surface area contributed by atoms with Crippen molar-refractivity contribution >= 4 is 38.6 Å². The third-order valence-electron chi connectivity index (χ3n) is 2.14. The van der Waals surface area contributed by atoms with Crippen LogP contribution in [0.4, 0.5) is 11.4 Å². The Kier molecular flexibility index (Phi) is 3.46. The van der Waals surface area contributed by atoms with E-state index in [4.69, 9.17) is 5.73 Å². The Labute approximate surface area is 107 Å². The second kappa shape index (κ2) is 4.84. The van der Waals surface area contributed by atoms with Crippen LogP contribution in [-0.2, 0) is 6.54 Å². The smallest absolute Gasteiger partial charge is 0.0898 e. The van der Waals surface area contributed by atoms with Gasteiger partial charge < -0.3 is 11.1 Å². The predicted molar refractivity (Wildman–Crippen MR) is 72.7 cm³/mol. The summed E-state index contributed by atoms with van der Waals surface area (Å²) in [7, 11) is 0. The molecule has 0 aliphatic heterocycles. The minimum Gasteiger partial charge on any atom is -0.397 e. The molecule has 5 heteroatoms. The van der Waals surface area contributed by atoms with Crippen molar-refractivity contribution in [2.24, 2.45) is 0 Å². The van der Waals surface area contributed by atoms with Gasteiger partial charge in [0.1, 0.15) is 0 Å². The Bertz CT molecular complexity index is 496. The summed E-state index contributed by atoms with van der Waals surface area (Å²) in [4.78, 5) is 4.38. The van der Waals surface area contributed by atoms with Crippen molar-refractivity contribution in [3.63, 3.8) is 0 Å². The number of nitrogen functional groups attached to an aromatic ring is 1. The number of aryl methyl sites for hydroxylation is 1. The van der Waals surface area contributed by atoms with Crippen LogP contribution in [-0.4, -0.2) is 4.98 Å². The Hall–Kier alpha value is -1.07. The van der Waals surface area contributed by atoms with Crippen molar-refractivity contribution in [3.8, 4) is 0 Å². The molecular formula is C11H12BrN3S. The van der Waals surface area contributed by atoms with Gasteiger partial charge in [0.15, 0.2) is 0 Å². The van der Waals surface area contributed by atoms with Gasteiger partial charge in [0.05, 0.1) is 28.6 Å². The number of aromatic nitrogens is 1. The quantitative estimate of drug-likeness (QED) is 0.854. The first-order valence-corrected chi connectivity index (χ1v) is 6.52. The maximum Gasteiger partial charge on any atom is 0.0898 e. The van der Waals surface area contributed by atoms with Crippen molar-refractivity contribution in [2.75, 3.05) is 11.1 Å². The number of hydrogen-bond donors (Lipinski definition) is 2. The van der Waals surface area contributed by atoms with Crippen LogP contribution < -0.4 is 11.1 Å². The molecule has 0 amide bonds. The Morgan fingerprint density at radius 2 is 2.31 bits per heavy atom. The molecule has 84 valence electrons. The normalized spacial score (nSPS) is 10.4. The van der Waals surface area contributed by atoms with Gasteiger partial charge in [0.25, 0.3) is 0 Å². The molecule has 0 spiro atoms. The maximum absolute atomic E-state index is 5.88. The average Bonchev–Trinajstić information content (AvgIpc) is 2.63. The minimum atomic E-state index is 0.705. The van der Waals surface area contributed by atoms with Gasteiger partial charge in [-0.3, -0.25) is 0 Å². The molecule has 16 heavy (non-hydrogen) atoms. The van der Waals surface area contributed by atoms with E-state index in [0.29, 0.717) is 6.54 Å². The van der Waals surface area contributed by atoms with E-state index < -0.39 is 0 Å². The van der Waals surface area contributed by atoms with Crippen molar-refractivity contribution in [3.05, 3.63) is 38.8 Å². The SMILES string of the molecule is Cc1nc(CNc2ccc(Br)cc2N)cs1. The summed E-state index contributed by atoms with van der Waals surface area (Å²) in [6.07, 6.45) is 0. The van der Waals surface area contributed by atoms with E-state index in [1.807, 2.05) is 25.1 Å². The molecule has 2 aromatic rings. The highest BCUT2D eigenvalue weighted by Crippen LogP contribution is 2.23. The number of nitrogens with one attached hydrogen (secondary N) is 1. The second-order valence-corrected chi connectivity index (χ2v) is 5.42. The van der Waals surface area contributed by atoms with Gasteiger partial charge in [-0.25, -0.2) is 4.98 Å². The summed E-state index contributed by atoms with van der Waals surface area (Å²) < 4.78 is 0.986. The topological polar surface area (TPSA) is 50.9 Å². The molecule has 0 aliphatic rings. The van der Waals surface area contributed by atoms with Crippen LogP contribution in [0.25, 0.3) is 0 Å². The highest BCUT2D eigenvalue weighted by Gasteiger charge is 2.01. The summed E-state index contributed by atoms with van der Waals surface area (Å²) >= 11 is 5.03. The lowest BCUT2D eigenvalue weighted by molar-refractivity contribution is 1.06.